The average Bonchev–Trinajstić information content (AvgIpc) is 2.47. The quantitative estimate of drug-likeness (QED) is 0.590. The van der Waals surface area contributed by atoms with Crippen LogP contribution in [0.2, 0.25) is 0 Å². The number of aliphatic hydroxyl groups excluding tert-OH is 3. The van der Waals surface area contributed by atoms with Gasteiger partial charge in [-0.2, -0.15) is 0 Å². The van der Waals surface area contributed by atoms with Gasteiger partial charge in [0.2, 0.25) is 0 Å². The van der Waals surface area contributed by atoms with E-state index in [0.717, 1.165) is 11.3 Å². The lowest BCUT2D eigenvalue weighted by Crippen LogP contribution is -2.55. The Morgan fingerprint density at radius 3 is 2.45 bits per heavy atom. The largest absolute Gasteiger partial charge is 0.497 e. The van der Waals surface area contributed by atoms with E-state index in [2.05, 4.69) is 11.4 Å². The number of methoxy groups -OCH3 is 1. The summed E-state index contributed by atoms with van der Waals surface area (Å²) in [5.41, 5.74) is 0.995. The molecule has 0 saturated carbocycles. The van der Waals surface area contributed by atoms with Crippen LogP contribution in [0.5, 0.6) is 5.75 Å². The van der Waals surface area contributed by atoms with Gasteiger partial charge in [-0.25, -0.2) is 0 Å². The van der Waals surface area contributed by atoms with E-state index in [1.807, 2.05) is 31.2 Å². The van der Waals surface area contributed by atoms with E-state index in [1.54, 1.807) is 7.11 Å². The van der Waals surface area contributed by atoms with Crippen molar-refractivity contribution in [2.75, 3.05) is 7.11 Å². The van der Waals surface area contributed by atoms with Gasteiger partial charge in [0, 0.05) is 6.04 Å². The Bertz CT molecular complexity index is 459. The van der Waals surface area contributed by atoms with Crippen LogP contribution < -0.4 is 10.1 Å². The molecule has 5 nitrogen and oxygen atoms in total. The molecule has 5 atom stereocenters. The normalized spacial score (nSPS) is 30.6. The highest BCUT2D eigenvalue weighted by Crippen LogP contribution is 2.21. The van der Waals surface area contributed by atoms with E-state index < -0.39 is 24.4 Å². The molecule has 0 unspecified atom stereocenters. The van der Waals surface area contributed by atoms with E-state index in [-0.39, 0.29) is 6.04 Å². The predicted molar refractivity (Wildman–Crippen MR) is 74.2 cm³/mol. The number of hydrogen-bond donors (Lipinski definition) is 4. The molecular formula is C15H20NO4+. The Morgan fingerprint density at radius 1 is 1.20 bits per heavy atom. The van der Waals surface area contributed by atoms with Crippen molar-refractivity contribution in [1.82, 2.24) is 5.32 Å². The van der Waals surface area contributed by atoms with Crippen LogP contribution in [0.3, 0.4) is 0 Å². The first-order chi connectivity index (χ1) is 9.52. The van der Waals surface area contributed by atoms with Crippen molar-refractivity contribution in [1.29, 1.82) is 0 Å². The van der Waals surface area contributed by atoms with Crippen LogP contribution in [0.4, 0.5) is 0 Å². The van der Waals surface area contributed by atoms with Gasteiger partial charge in [-0.15, -0.1) is 0 Å². The third-order valence-electron chi connectivity index (χ3n) is 3.55. The van der Waals surface area contributed by atoms with Gasteiger partial charge in [-0.05, 0) is 24.6 Å². The minimum absolute atomic E-state index is 0.0951. The highest BCUT2D eigenvalue weighted by Gasteiger charge is 2.42. The molecule has 0 aliphatic heterocycles. The summed E-state index contributed by atoms with van der Waals surface area (Å²) in [4.78, 5) is 0. The SMILES string of the molecule is COc1ccc([C@@H](C)N[C@H]2[C@H](O)[C@@H](O)C=[C+][C@H]2O)cc1. The first-order valence-corrected chi connectivity index (χ1v) is 6.56. The maximum Gasteiger partial charge on any atom is 0.291 e. The Morgan fingerprint density at radius 2 is 1.85 bits per heavy atom. The zero-order valence-electron chi connectivity index (χ0n) is 11.5. The van der Waals surface area contributed by atoms with E-state index >= 15 is 0 Å². The topological polar surface area (TPSA) is 82.0 Å². The molecule has 0 bridgehead atoms. The van der Waals surface area contributed by atoms with Gasteiger partial charge in [0.1, 0.15) is 24.0 Å². The molecule has 0 amide bonds. The van der Waals surface area contributed by atoms with Crippen molar-refractivity contribution in [2.45, 2.75) is 37.3 Å². The minimum Gasteiger partial charge on any atom is -0.497 e. The first kappa shape index (κ1) is 14.9. The summed E-state index contributed by atoms with van der Waals surface area (Å²) in [5, 5.41) is 32.5. The Hall–Kier alpha value is -1.49. The van der Waals surface area contributed by atoms with Crippen molar-refractivity contribution < 1.29 is 20.1 Å². The van der Waals surface area contributed by atoms with Crippen molar-refractivity contribution in [3.8, 4) is 5.75 Å². The summed E-state index contributed by atoms with van der Waals surface area (Å²) in [6, 6.07) is 6.77. The lowest BCUT2D eigenvalue weighted by atomic mass is 9.92. The van der Waals surface area contributed by atoms with Crippen LogP contribution in [-0.4, -0.2) is 46.8 Å². The highest BCUT2D eigenvalue weighted by atomic mass is 16.5. The molecule has 2 rings (SSSR count). The molecule has 1 aliphatic rings. The second-order valence-corrected chi connectivity index (χ2v) is 4.95. The zero-order chi connectivity index (χ0) is 14.7. The molecule has 0 heterocycles. The summed E-state index contributed by atoms with van der Waals surface area (Å²) in [7, 11) is 1.61. The molecule has 108 valence electrons. The molecule has 4 N–H and O–H groups in total. The van der Waals surface area contributed by atoms with Crippen molar-refractivity contribution in [3.05, 3.63) is 42.0 Å². The smallest absolute Gasteiger partial charge is 0.291 e. The van der Waals surface area contributed by atoms with E-state index in [1.165, 1.54) is 6.08 Å². The van der Waals surface area contributed by atoms with Crippen molar-refractivity contribution in [2.24, 2.45) is 0 Å². The van der Waals surface area contributed by atoms with Crippen LogP contribution in [0.25, 0.3) is 0 Å². The van der Waals surface area contributed by atoms with Gasteiger partial charge in [0.05, 0.1) is 7.11 Å². The van der Waals surface area contributed by atoms with Gasteiger partial charge in [-0.1, -0.05) is 12.1 Å². The molecule has 1 aliphatic carbocycles. The maximum absolute atomic E-state index is 9.92. The van der Waals surface area contributed by atoms with Gasteiger partial charge in [0.15, 0.2) is 6.08 Å². The monoisotopic (exact) mass is 278 g/mol. The van der Waals surface area contributed by atoms with Crippen LogP contribution in [0, 0.1) is 6.08 Å². The number of aliphatic hydroxyl groups is 3. The fourth-order valence-electron chi connectivity index (χ4n) is 2.27. The highest BCUT2D eigenvalue weighted by molar-refractivity contribution is 5.29. The average molecular weight is 278 g/mol. The molecule has 0 radical (unpaired) electrons. The van der Waals surface area contributed by atoms with Crippen LogP contribution in [0.15, 0.2) is 30.3 Å². The minimum atomic E-state index is -1.06. The van der Waals surface area contributed by atoms with E-state index in [4.69, 9.17) is 4.74 Å². The zero-order valence-corrected chi connectivity index (χ0v) is 11.5. The number of hydrogen-bond acceptors (Lipinski definition) is 5. The third-order valence-corrected chi connectivity index (χ3v) is 3.55. The molecule has 0 aromatic heterocycles. The fourth-order valence-corrected chi connectivity index (χ4v) is 2.27. The Labute approximate surface area is 118 Å². The Balaban J connectivity index is 2.06. The van der Waals surface area contributed by atoms with Crippen molar-refractivity contribution in [3.63, 3.8) is 0 Å². The molecular weight excluding hydrogens is 258 g/mol. The van der Waals surface area contributed by atoms with E-state index in [9.17, 15) is 15.3 Å². The molecule has 20 heavy (non-hydrogen) atoms. The van der Waals surface area contributed by atoms with Gasteiger partial charge >= 0.3 is 0 Å². The molecule has 0 spiro atoms. The Kier molecular flexibility index (Phi) is 4.70. The second kappa shape index (κ2) is 6.31. The van der Waals surface area contributed by atoms with Crippen LogP contribution in [0.1, 0.15) is 18.5 Å². The number of ether oxygens (including phenoxy) is 1. The van der Waals surface area contributed by atoms with Crippen LogP contribution in [-0.2, 0) is 0 Å². The summed E-state index contributed by atoms with van der Waals surface area (Å²) in [6.07, 6.45) is 0.881. The molecule has 1 aromatic carbocycles. The summed E-state index contributed by atoms with van der Waals surface area (Å²) < 4.78 is 5.10. The summed E-state index contributed by atoms with van der Waals surface area (Å²) in [6.45, 7) is 1.92. The molecule has 1 aromatic rings. The van der Waals surface area contributed by atoms with Crippen molar-refractivity contribution >= 4 is 0 Å². The number of benzene rings is 1. The maximum atomic E-state index is 9.92. The van der Waals surface area contributed by atoms with Gasteiger partial charge in [0.25, 0.3) is 12.2 Å². The standard InChI is InChI=1S/C15H20NO4/c1-9(10-3-5-11(20-2)6-4-10)16-14-12(17)7-8-13(18)15(14)19/h3-6,8-9,12-19H,1-2H3/q+1/t9-,12-,13+,14-,15-/m1/s1. The molecule has 0 saturated heterocycles. The van der Waals surface area contributed by atoms with Crippen LogP contribution >= 0.6 is 0 Å². The predicted octanol–water partition coefficient (Wildman–Crippen LogP) is 0.170. The van der Waals surface area contributed by atoms with Gasteiger partial charge in [-0.3, -0.25) is 5.32 Å². The third kappa shape index (κ3) is 3.15. The lowest BCUT2D eigenvalue weighted by molar-refractivity contribution is -0.0239. The molecule has 5 heteroatoms. The number of rotatable bonds is 4. The summed E-state index contributed by atoms with van der Waals surface area (Å²) in [5.74, 6) is 0.769. The lowest BCUT2D eigenvalue weighted by Gasteiger charge is -2.29. The fraction of sp³-hybridized carbons (Fsp3) is 0.467. The second-order valence-electron chi connectivity index (χ2n) is 4.95. The first-order valence-electron chi connectivity index (χ1n) is 6.56. The number of nitrogens with one attached hydrogen (secondary N) is 1. The van der Waals surface area contributed by atoms with Gasteiger partial charge < -0.3 is 20.1 Å². The molecule has 0 fully saturated rings. The summed E-state index contributed by atoms with van der Waals surface area (Å²) >= 11 is 0. The van der Waals surface area contributed by atoms with E-state index in [0.29, 0.717) is 0 Å².